The summed E-state index contributed by atoms with van der Waals surface area (Å²) < 4.78 is 19.0. The van der Waals surface area contributed by atoms with Crippen LogP contribution in [0.1, 0.15) is 12.2 Å². The number of hydrogen-bond donors (Lipinski definition) is 1. The topological polar surface area (TPSA) is 51.0 Å². The molecule has 0 unspecified atom stereocenters. The van der Waals surface area contributed by atoms with Gasteiger partial charge >= 0.3 is 0 Å². The Labute approximate surface area is 167 Å². The van der Waals surface area contributed by atoms with Crippen molar-refractivity contribution in [1.29, 1.82) is 0 Å². The average molecular weight is 414 g/mol. The lowest BCUT2D eigenvalue weighted by Gasteiger charge is -2.03. The minimum absolute atomic E-state index is 0. The number of thioether (sulfide) groups is 1. The highest BCUT2D eigenvalue weighted by atomic mass is 35.5. The zero-order valence-electron chi connectivity index (χ0n) is 13.8. The molecule has 0 saturated heterocycles. The fourth-order valence-electron chi connectivity index (χ4n) is 2.21. The highest BCUT2D eigenvalue weighted by Gasteiger charge is 2.07. The lowest BCUT2D eigenvalue weighted by atomic mass is 10.2. The molecule has 4 nitrogen and oxygen atoms in total. The number of furan rings is 1. The van der Waals surface area contributed by atoms with Crippen LogP contribution in [0.15, 0.2) is 58.4 Å². The van der Waals surface area contributed by atoms with E-state index in [2.05, 4.69) is 15.3 Å². The van der Waals surface area contributed by atoms with Crippen molar-refractivity contribution in [2.75, 3.05) is 12.3 Å². The van der Waals surface area contributed by atoms with E-state index < -0.39 is 5.82 Å². The normalized spacial score (nSPS) is 10.5. The second kappa shape index (κ2) is 10.5. The van der Waals surface area contributed by atoms with Crippen LogP contribution in [0.3, 0.4) is 0 Å². The average Bonchev–Trinajstić information content (AvgIpc) is 3.10. The van der Waals surface area contributed by atoms with Gasteiger partial charge in [-0.1, -0.05) is 23.4 Å². The van der Waals surface area contributed by atoms with E-state index in [9.17, 15) is 4.39 Å². The molecule has 2 heterocycles. The minimum Gasteiger partial charge on any atom is -0.460 e. The number of aromatic nitrogens is 2. The third-order valence-electron chi connectivity index (χ3n) is 3.44. The summed E-state index contributed by atoms with van der Waals surface area (Å²) in [6, 6.07) is 10.1. The Morgan fingerprint density at radius 2 is 1.96 bits per heavy atom. The van der Waals surface area contributed by atoms with Crippen molar-refractivity contribution in [2.24, 2.45) is 0 Å². The number of nitrogens with one attached hydrogen (secondary N) is 1. The third-order valence-corrected chi connectivity index (χ3v) is 4.69. The Balaban J connectivity index is 0.00000243. The summed E-state index contributed by atoms with van der Waals surface area (Å²) in [6.45, 7) is 1.51. The number of benzene rings is 1. The Hall–Kier alpha value is -1.60. The van der Waals surface area contributed by atoms with Crippen LogP contribution in [0.2, 0.25) is 5.02 Å². The second-order valence-corrected chi connectivity index (χ2v) is 6.77. The van der Waals surface area contributed by atoms with Gasteiger partial charge in [-0.2, -0.15) is 0 Å². The van der Waals surface area contributed by atoms with E-state index in [0.717, 1.165) is 35.2 Å². The van der Waals surface area contributed by atoms with Crippen molar-refractivity contribution in [3.63, 3.8) is 0 Å². The van der Waals surface area contributed by atoms with Gasteiger partial charge < -0.3 is 9.73 Å². The molecule has 0 amide bonds. The van der Waals surface area contributed by atoms with E-state index in [1.165, 1.54) is 6.07 Å². The van der Waals surface area contributed by atoms with Crippen molar-refractivity contribution >= 4 is 35.8 Å². The number of nitrogens with zero attached hydrogens (tertiary/aromatic N) is 2. The van der Waals surface area contributed by atoms with Crippen LogP contribution in [-0.2, 0) is 6.54 Å². The summed E-state index contributed by atoms with van der Waals surface area (Å²) in [4.78, 5) is 8.34. The minimum atomic E-state index is -0.433. The molecule has 0 aliphatic rings. The largest absolute Gasteiger partial charge is 0.460 e. The molecule has 0 bridgehead atoms. The molecule has 0 radical (unpaired) electrons. The molecule has 138 valence electrons. The van der Waals surface area contributed by atoms with Gasteiger partial charge in [0.2, 0.25) is 0 Å². The van der Waals surface area contributed by atoms with Crippen molar-refractivity contribution in [3.8, 4) is 11.3 Å². The van der Waals surface area contributed by atoms with Crippen LogP contribution >= 0.6 is 35.8 Å². The Morgan fingerprint density at radius 1 is 1.15 bits per heavy atom. The second-order valence-electron chi connectivity index (χ2n) is 5.31. The van der Waals surface area contributed by atoms with Gasteiger partial charge in [-0.25, -0.2) is 14.4 Å². The summed E-state index contributed by atoms with van der Waals surface area (Å²) in [5.74, 6) is 2.02. The number of hydrogen-bond acceptors (Lipinski definition) is 5. The van der Waals surface area contributed by atoms with E-state index in [4.69, 9.17) is 16.0 Å². The maximum atomic E-state index is 13.2. The SMILES string of the molecule is Cl.Fc1ccc(-c2ccc(CNCCCSc3ncccn3)o2)cc1Cl. The molecule has 2 aromatic heterocycles. The first-order valence-electron chi connectivity index (χ1n) is 7.87. The predicted octanol–water partition coefficient (Wildman–Crippen LogP) is 5.22. The standard InChI is InChI=1S/C18H17ClFN3OS.ClH/c19-15-11-13(3-5-16(15)20)17-6-4-14(24-17)12-21-7-2-10-25-18-22-8-1-9-23-18;/h1,3-6,8-9,11,21H,2,7,10,12H2;1H. The molecule has 3 aromatic rings. The molecular formula is C18H18Cl2FN3OS. The van der Waals surface area contributed by atoms with Gasteiger partial charge in [0.1, 0.15) is 17.3 Å². The first-order valence-corrected chi connectivity index (χ1v) is 9.23. The Morgan fingerprint density at radius 3 is 2.73 bits per heavy atom. The van der Waals surface area contributed by atoms with Gasteiger partial charge in [-0.15, -0.1) is 12.4 Å². The highest BCUT2D eigenvalue weighted by Crippen LogP contribution is 2.26. The van der Waals surface area contributed by atoms with Crippen LogP contribution < -0.4 is 5.32 Å². The van der Waals surface area contributed by atoms with Gasteiger partial charge in [0.05, 0.1) is 11.6 Å². The van der Waals surface area contributed by atoms with E-state index in [-0.39, 0.29) is 17.4 Å². The van der Waals surface area contributed by atoms with Crippen molar-refractivity contribution in [3.05, 3.63) is 65.4 Å². The molecule has 8 heteroatoms. The summed E-state index contributed by atoms with van der Waals surface area (Å²) in [7, 11) is 0. The Kier molecular flexibility index (Phi) is 8.38. The molecule has 1 N–H and O–H groups in total. The van der Waals surface area contributed by atoms with Crippen LogP contribution in [0.5, 0.6) is 0 Å². The fraction of sp³-hybridized carbons (Fsp3) is 0.222. The predicted molar refractivity (Wildman–Crippen MR) is 105 cm³/mol. The van der Waals surface area contributed by atoms with Gasteiger partial charge in [-0.3, -0.25) is 0 Å². The van der Waals surface area contributed by atoms with Crippen LogP contribution in [0, 0.1) is 5.82 Å². The summed E-state index contributed by atoms with van der Waals surface area (Å²) in [5, 5.41) is 4.23. The van der Waals surface area contributed by atoms with Crippen LogP contribution in [0.25, 0.3) is 11.3 Å². The van der Waals surface area contributed by atoms with Crippen molar-refractivity contribution in [2.45, 2.75) is 18.1 Å². The summed E-state index contributed by atoms with van der Waals surface area (Å²) in [5.41, 5.74) is 0.761. The lowest BCUT2D eigenvalue weighted by molar-refractivity contribution is 0.494. The zero-order chi connectivity index (χ0) is 17.5. The zero-order valence-corrected chi connectivity index (χ0v) is 16.2. The summed E-state index contributed by atoms with van der Waals surface area (Å²) >= 11 is 7.45. The molecule has 0 atom stereocenters. The first kappa shape index (κ1) is 20.7. The molecule has 1 aromatic carbocycles. The molecule has 26 heavy (non-hydrogen) atoms. The van der Waals surface area contributed by atoms with Gasteiger partial charge in [0, 0.05) is 23.7 Å². The van der Waals surface area contributed by atoms with Crippen molar-refractivity contribution < 1.29 is 8.81 Å². The quantitative estimate of drug-likeness (QED) is 0.311. The van der Waals surface area contributed by atoms with Crippen LogP contribution in [0.4, 0.5) is 4.39 Å². The lowest BCUT2D eigenvalue weighted by Crippen LogP contribution is -2.14. The van der Waals surface area contributed by atoms with Gasteiger partial charge in [0.25, 0.3) is 0 Å². The van der Waals surface area contributed by atoms with Gasteiger partial charge in [0.15, 0.2) is 5.16 Å². The molecule has 0 saturated carbocycles. The fourth-order valence-corrected chi connectivity index (χ4v) is 3.13. The third kappa shape index (κ3) is 5.99. The maximum absolute atomic E-state index is 13.2. The first-order chi connectivity index (χ1) is 12.2. The maximum Gasteiger partial charge on any atom is 0.187 e. The molecule has 0 aliphatic heterocycles. The smallest absolute Gasteiger partial charge is 0.187 e. The molecule has 0 fully saturated rings. The van der Waals surface area contributed by atoms with Crippen molar-refractivity contribution in [1.82, 2.24) is 15.3 Å². The highest BCUT2D eigenvalue weighted by molar-refractivity contribution is 7.99. The van der Waals surface area contributed by atoms with E-state index in [0.29, 0.717) is 12.3 Å². The summed E-state index contributed by atoms with van der Waals surface area (Å²) in [6.07, 6.45) is 4.50. The molecule has 0 aliphatic carbocycles. The van der Waals surface area contributed by atoms with E-state index >= 15 is 0 Å². The monoisotopic (exact) mass is 413 g/mol. The Bertz CT molecular complexity index is 817. The number of halogens is 3. The van der Waals surface area contributed by atoms with Gasteiger partial charge in [-0.05, 0) is 49.4 Å². The molecular weight excluding hydrogens is 396 g/mol. The van der Waals surface area contributed by atoms with E-state index in [1.807, 2.05) is 18.2 Å². The van der Waals surface area contributed by atoms with Crippen LogP contribution in [-0.4, -0.2) is 22.3 Å². The van der Waals surface area contributed by atoms with E-state index in [1.54, 1.807) is 36.3 Å². The molecule has 0 spiro atoms. The molecule has 3 rings (SSSR count). The number of rotatable bonds is 8.